The number of imidazole rings is 1. The lowest BCUT2D eigenvalue weighted by molar-refractivity contribution is 0.205. The Kier molecular flexibility index (Phi) is 8.63. The molecule has 1 saturated heterocycles. The molecule has 1 aliphatic rings. The van der Waals surface area contributed by atoms with Crippen molar-refractivity contribution in [2.24, 2.45) is 5.73 Å². The van der Waals surface area contributed by atoms with Gasteiger partial charge in [0.2, 0.25) is 0 Å². The van der Waals surface area contributed by atoms with E-state index in [0.29, 0.717) is 36.1 Å². The van der Waals surface area contributed by atoms with Gasteiger partial charge in [-0.25, -0.2) is 4.79 Å². The quantitative estimate of drug-likeness (QED) is 0.222. The number of anilines is 1. The highest BCUT2D eigenvalue weighted by Gasteiger charge is 2.17. The number of rotatable bonds is 11. The molecule has 0 amide bonds. The molecule has 0 radical (unpaired) electrons. The fourth-order valence-corrected chi connectivity index (χ4v) is 5.05. The molecule has 11 nitrogen and oxygen atoms in total. The van der Waals surface area contributed by atoms with Gasteiger partial charge >= 0.3 is 11.7 Å². The summed E-state index contributed by atoms with van der Waals surface area (Å²) in [5.74, 6) is 0.857. The van der Waals surface area contributed by atoms with Gasteiger partial charge in [0.25, 0.3) is 0 Å². The number of benzene rings is 2. The van der Waals surface area contributed by atoms with Crippen LogP contribution in [0.4, 0.5) is 5.82 Å². The Balaban J connectivity index is 1.20. The molecule has 0 spiro atoms. The third kappa shape index (κ3) is 6.44. The van der Waals surface area contributed by atoms with E-state index >= 15 is 0 Å². The number of hydrogen-bond donors (Lipinski definition) is 4. The fraction of sp³-hybridized carbons (Fsp3) is 0.414. The number of hydrogen-bond acceptors (Lipinski definition) is 9. The molecule has 2 aromatic carbocycles. The van der Waals surface area contributed by atoms with Crippen molar-refractivity contribution in [3.63, 3.8) is 0 Å². The number of likely N-dealkylation sites (tertiary alicyclic amines) is 1. The van der Waals surface area contributed by atoms with Crippen LogP contribution in [-0.2, 0) is 26.2 Å². The van der Waals surface area contributed by atoms with Gasteiger partial charge in [-0.05, 0) is 55.6 Å². The molecule has 4 aromatic rings. The molecule has 5 rings (SSSR count). The topological polar surface area (TPSA) is 149 Å². The molecule has 1 aliphatic heterocycles. The number of methoxy groups -OCH3 is 1. The van der Waals surface area contributed by atoms with Crippen LogP contribution in [0.3, 0.4) is 0 Å². The minimum Gasteiger partial charge on any atom is -0.496 e. The smallest absolute Gasteiger partial charge is 0.328 e. The van der Waals surface area contributed by atoms with Gasteiger partial charge in [-0.3, -0.25) is 9.47 Å². The first-order valence-corrected chi connectivity index (χ1v) is 13.7. The molecule has 6 N–H and O–H groups in total. The number of nitrogens with one attached hydrogen (secondary N) is 2. The van der Waals surface area contributed by atoms with E-state index in [4.69, 9.17) is 20.9 Å². The number of fused-ring (bicyclic) bond motifs is 1. The summed E-state index contributed by atoms with van der Waals surface area (Å²) >= 11 is 0. The summed E-state index contributed by atoms with van der Waals surface area (Å²) in [7, 11) is 1.63. The summed E-state index contributed by atoms with van der Waals surface area (Å²) in [6.45, 7) is 7.05. The zero-order chi connectivity index (χ0) is 28.1. The Hall–Kier alpha value is -3.93. The van der Waals surface area contributed by atoms with Crippen LogP contribution < -0.4 is 31.9 Å². The van der Waals surface area contributed by atoms with Crippen molar-refractivity contribution in [1.82, 2.24) is 29.7 Å². The third-order valence-corrected chi connectivity index (χ3v) is 7.30. The minimum atomic E-state index is -0.330. The number of nitrogen functional groups attached to an aromatic ring is 1. The number of ether oxygens (including phenoxy) is 2. The number of nitrogens with zero attached hydrogens (tertiary/aromatic N) is 4. The molecular weight excluding hydrogens is 508 g/mol. The van der Waals surface area contributed by atoms with Crippen LogP contribution >= 0.6 is 0 Å². The van der Waals surface area contributed by atoms with Crippen molar-refractivity contribution in [2.75, 3.05) is 32.5 Å². The van der Waals surface area contributed by atoms with Crippen molar-refractivity contribution < 1.29 is 9.47 Å². The Labute approximate surface area is 233 Å². The average Bonchev–Trinajstić information content (AvgIpc) is 3.27. The van der Waals surface area contributed by atoms with Gasteiger partial charge < -0.3 is 31.2 Å². The van der Waals surface area contributed by atoms with Gasteiger partial charge in [0.15, 0.2) is 11.5 Å². The van der Waals surface area contributed by atoms with E-state index in [2.05, 4.69) is 49.4 Å². The first-order chi connectivity index (χ1) is 19.4. The molecule has 0 atom stereocenters. The monoisotopic (exact) mass is 546 g/mol. The second-order valence-corrected chi connectivity index (χ2v) is 10.2. The van der Waals surface area contributed by atoms with E-state index in [1.54, 1.807) is 7.11 Å². The van der Waals surface area contributed by atoms with Crippen molar-refractivity contribution in [1.29, 1.82) is 0 Å². The molecule has 1 fully saturated rings. The molecule has 0 bridgehead atoms. The standard InChI is InChI=1S/C29H38N8O3/c1-3-40-28-34-26(31)25-27(35-28)37(29(38)33-25)18-22-9-8-21(14-24(22)39-2)16-32-15-19-4-6-20(7-5-19)17-36-12-10-23(30)11-13-36/h4-9,14,23,32H,3,10-13,15-18,30H2,1-2H3,(H,33,38)(H2,31,34,35). The lowest BCUT2D eigenvalue weighted by atomic mass is 10.0. The zero-order valence-electron chi connectivity index (χ0n) is 23.2. The van der Waals surface area contributed by atoms with Gasteiger partial charge in [-0.2, -0.15) is 9.97 Å². The molecule has 3 heterocycles. The molecule has 0 saturated carbocycles. The highest BCUT2D eigenvalue weighted by molar-refractivity contribution is 5.82. The summed E-state index contributed by atoms with van der Waals surface area (Å²) in [5, 5.41) is 3.51. The van der Waals surface area contributed by atoms with E-state index in [0.717, 1.165) is 50.1 Å². The number of H-pyrrole nitrogens is 1. The number of piperidine rings is 1. The average molecular weight is 547 g/mol. The van der Waals surface area contributed by atoms with Crippen molar-refractivity contribution in [3.8, 4) is 11.8 Å². The lowest BCUT2D eigenvalue weighted by Crippen LogP contribution is -2.39. The molecule has 40 heavy (non-hydrogen) atoms. The Morgan fingerprint density at radius 2 is 1.73 bits per heavy atom. The van der Waals surface area contributed by atoms with Gasteiger partial charge in [0.1, 0.15) is 11.3 Å². The number of nitrogens with two attached hydrogens (primary N) is 2. The van der Waals surface area contributed by atoms with Crippen molar-refractivity contribution >= 4 is 17.0 Å². The SMILES string of the molecule is CCOc1nc(N)c2[nH]c(=O)n(Cc3ccc(CNCc4ccc(CN5CCC(N)CC5)cc4)cc3OC)c2n1. The van der Waals surface area contributed by atoms with Crippen molar-refractivity contribution in [3.05, 3.63) is 75.2 Å². The molecular formula is C29H38N8O3. The molecule has 0 unspecified atom stereocenters. The molecule has 0 aliphatic carbocycles. The summed E-state index contributed by atoms with van der Waals surface area (Å²) in [6.07, 6.45) is 2.16. The van der Waals surface area contributed by atoms with E-state index in [1.807, 2.05) is 25.1 Å². The number of aromatic amines is 1. The summed E-state index contributed by atoms with van der Waals surface area (Å²) < 4.78 is 12.6. The molecule has 11 heteroatoms. The highest BCUT2D eigenvalue weighted by Crippen LogP contribution is 2.24. The van der Waals surface area contributed by atoms with E-state index in [9.17, 15) is 4.79 Å². The van der Waals surface area contributed by atoms with Gasteiger partial charge in [-0.1, -0.05) is 36.4 Å². The van der Waals surface area contributed by atoms with E-state index in [1.165, 1.54) is 15.7 Å². The first-order valence-electron chi connectivity index (χ1n) is 13.7. The normalized spacial score (nSPS) is 14.6. The Morgan fingerprint density at radius 3 is 2.45 bits per heavy atom. The Morgan fingerprint density at radius 1 is 1.02 bits per heavy atom. The number of aromatic nitrogens is 4. The largest absolute Gasteiger partial charge is 0.496 e. The fourth-order valence-electron chi connectivity index (χ4n) is 5.05. The van der Waals surface area contributed by atoms with Gasteiger partial charge in [-0.15, -0.1) is 0 Å². The first kappa shape index (κ1) is 27.6. The Bertz CT molecular complexity index is 1490. The van der Waals surface area contributed by atoms with Crippen LogP contribution in [0.5, 0.6) is 11.8 Å². The van der Waals surface area contributed by atoms with Crippen molar-refractivity contribution in [2.45, 2.75) is 52.0 Å². The highest BCUT2D eigenvalue weighted by atomic mass is 16.5. The van der Waals surface area contributed by atoms with Crippen LogP contribution in [0.2, 0.25) is 0 Å². The third-order valence-electron chi connectivity index (χ3n) is 7.30. The van der Waals surface area contributed by atoms with Crippen LogP contribution in [0, 0.1) is 0 Å². The zero-order valence-corrected chi connectivity index (χ0v) is 23.2. The van der Waals surface area contributed by atoms with Crippen LogP contribution in [-0.4, -0.2) is 57.3 Å². The maximum absolute atomic E-state index is 12.7. The summed E-state index contributed by atoms with van der Waals surface area (Å²) in [6, 6.07) is 15.3. The van der Waals surface area contributed by atoms with Gasteiger partial charge in [0, 0.05) is 31.2 Å². The predicted molar refractivity (Wildman–Crippen MR) is 155 cm³/mol. The second-order valence-electron chi connectivity index (χ2n) is 10.2. The van der Waals surface area contributed by atoms with E-state index < -0.39 is 0 Å². The van der Waals surface area contributed by atoms with Crippen LogP contribution in [0.25, 0.3) is 11.2 Å². The summed E-state index contributed by atoms with van der Waals surface area (Å²) in [5.41, 5.74) is 17.0. The van der Waals surface area contributed by atoms with E-state index in [-0.39, 0.29) is 24.1 Å². The predicted octanol–water partition coefficient (Wildman–Crippen LogP) is 2.37. The maximum Gasteiger partial charge on any atom is 0.328 e. The van der Waals surface area contributed by atoms with Crippen LogP contribution in [0.15, 0.2) is 47.3 Å². The molecule has 2 aromatic heterocycles. The lowest BCUT2D eigenvalue weighted by Gasteiger charge is -2.30. The summed E-state index contributed by atoms with van der Waals surface area (Å²) in [4.78, 5) is 26.4. The minimum absolute atomic E-state index is 0.135. The molecule has 212 valence electrons. The van der Waals surface area contributed by atoms with Gasteiger partial charge in [0.05, 0.1) is 20.3 Å². The van der Waals surface area contributed by atoms with Crippen LogP contribution in [0.1, 0.15) is 42.0 Å². The maximum atomic E-state index is 12.7. The second kappa shape index (κ2) is 12.5.